The highest BCUT2D eigenvalue weighted by molar-refractivity contribution is 9.10. The quantitative estimate of drug-likeness (QED) is 0.696. The van der Waals surface area contributed by atoms with Gasteiger partial charge in [-0.05, 0) is 41.1 Å². The molecule has 0 atom stereocenters. The SMILES string of the molecule is Cc1nc(Br)c2ccc(Br)cc2n1. The molecule has 0 aliphatic heterocycles. The van der Waals surface area contributed by atoms with E-state index in [1.807, 2.05) is 25.1 Å². The summed E-state index contributed by atoms with van der Waals surface area (Å²) in [5.74, 6) is 0.775. The van der Waals surface area contributed by atoms with Gasteiger partial charge in [-0.2, -0.15) is 0 Å². The molecular formula is C9H6Br2N2. The third-order valence-corrected chi connectivity index (χ3v) is 2.82. The summed E-state index contributed by atoms with van der Waals surface area (Å²) in [6.07, 6.45) is 0. The van der Waals surface area contributed by atoms with E-state index in [9.17, 15) is 0 Å². The van der Waals surface area contributed by atoms with Gasteiger partial charge in [0.2, 0.25) is 0 Å². The molecule has 0 saturated heterocycles. The summed E-state index contributed by atoms with van der Waals surface area (Å²) in [4.78, 5) is 8.55. The van der Waals surface area contributed by atoms with Crippen molar-refractivity contribution in [1.29, 1.82) is 0 Å². The van der Waals surface area contributed by atoms with Gasteiger partial charge in [0.1, 0.15) is 10.4 Å². The fourth-order valence-corrected chi connectivity index (χ4v) is 2.11. The van der Waals surface area contributed by atoms with Gasteiger partial charge in [0.05, 0.1) is 5.52 Å². The number of fused-ring (bicyclic) bond motifs is 1. The van der Waals surface area contributed by atoms with Gasteiger partial charge >= 0.3 is 0 Å². The smallest absolute Gasteiger partial charge is 0.127 e. The molecule has 2 aromatic rings. The van der Waals surface area contributed by atoms with Crippen LogP contribution < -0.4 is 0 Å². The largest absolute Gasteiger partial charge is 0.233 e. The molecule has 2 nitrogen and oxygen atoms in total. The van der Waals surface area contributed by atoms with Gasteiger partial charge in [-0.25, -0.2) is 9.97 Å². The Balaban J connectivity index is 2.86. The average molecular weight is 302 g/mol. The summed E-state index contributed by atoms with van der Waals surface area (Å²) in [7, 11) is 0. The van der Waals surface area contributed by atoms with E-state index in [4.69, 9.17) is 0 Å². The molecule has 0 aliphatic carbocycles. The highest BCUT2D eigenvalue weighted by Gasteiger charge is 2.02. The topological polar surface area (TPSA) is 25.8 Å². The summed E-state index contributed by atoms with van der Waals surface area (Å²) in [6.45, 7) is 1.88. The Morgan fingerprint density at radius 3 is 2.69 bits per heavy atom. The lowest BCUT2D eigenvalue weighted by atomic mass is 10.2. The lowest BCUT2D eigenvalue weighted by Crippen LogP contribution is -1.89. The number of nitrogens with zero attached hydrogens (tertiary/aromatic N) is 2. The van der Waals surface area contributed by atoms with Gasteiger partial charge in [-0.15, -0.1) is 0 Å². The first-order valence-electron chi connectivity index (χ1n) is 3.76. The minimum Gasteiger partial charge on any atom is -0.233 e. The van der Waals surface area contributed by atoms with E-state index in [1.165, 1.54) is 0 Å². The van der Waals surface area contributed by atoms with Crippen LogP contribution in [0.5, 0.6) is 0 Å². The molecule has 1 aromatic carbocycles. The maximum absolute atomic E-state index is 4.33. The first kappa shape index (κ1) is 9.09. The Kier molecular flexibility index (Phi) is 2.34. The van der Waals surface area contributed by atoms with E-state index in [0.29, 0.717) is 0 Å². The molecule has 0 saturated carbocycles. The van der Waals surface area contributed by atoms with Crippen molar-refractivity contribution in [1.82, 2.24) is 9.97 Å². The average Bonchev–Trinajstić information content (AvgIpc) is 2.02. The van der Waals surface area contributed by atoms with Gasteiger partial charge in [0.25, 0.3) is 0 Å². The zero-order chi connectivity index (χ0) is 9.42. The molecule has 0 amide bonds. The predicted octanol–water partition coefficient (Wildman–Crippen LogP) is 3.46. The molecule has 0 spiro atoms. The molecule has 0 fully saturated rings. The highest BCUT2D eigenvalue weighted by Crippen LogP contribution is 2.23. The fraction of sp³-hybridized carbons (Fsp3) is 0.111. The Labute approximate surface area is 92.7 Å². The molecule has 0 unspecified atom stereocenters. The molecular weight excluding hydrogens is 296 g/mol. The van der Waals surface area contributed by atoms with Crippen molar-refractivity contribution < 1.29 is 0 Å². The molecule has 13 heavy (non-hydrogen) atoms. The summed E-state index contributed by atoms with van der Waals surface area (Å²) in [5.41, 5.74) is 0.953. The minimum atomic E-state index is 0.775. The molecule has 4 heteroatoms. The number of halogens is 2. The van der Waals surface area contributed by atoms with Crippen molar-refractivity contribution in [2.45, 2.75) is 6.92 Å². The Morgan fingerprint density at radius 1 is 1.15 bits per heavy atom. The predicted molar refractivity (Wildman–Crippen MR) is 59.7 cm³/mol. The maximum atomic E-state index is 4.33. The lowest BCUT2D eigenvalue weighted by Gasteiger charge is -2.01. The second kappa shape index (κ2) is 3.35. The van der Waals surface area contributed by atoms with Crippen LogP contribution in [0.4, 0.5) is 0 Å². The first-order valence-corrected chi connectivity index (χ1v) is 5.35. The van der Waals surface area contributed by atoms with Gasteiger partial charge in [0, 0.05) is 9.86 Å². The zero-order valence-corrected chi connectivity index (χ0v) is 10.1. The fourth-order valence-electron chi connectivity index (χ4n) is 1.17. The Hall–Kier alpha value is -0.480. The molecule has 0 aliphatic rings. The lowest BCUT2D eigenvalue weighted by molar-refractivity contribution is 1.07. The van der Waals surface area contributed by atoms with Crippen LogP contribution in [-0.4, -0.2) is 9.97 Å². The second-order valence-electron chi connectivity index (χ2n) is 2.72. The van der Waals surface area contributed by atoms with E-state index >= 15 is 0 Å². The number of rotatable bonds is 0. The normalized spacial score (nSPS) is 10.7. The van der Waals surface area contributed by atoms with Crippen LogP contribution in [0, 0.1) is 6.92 Å². The van der Waals surface area contributed by atoms with Crippen molar-refractivity contribution in [3.05, 3.63) is 33.1 Å². The van der Waals surface area contributed by atoms with Crippen LogP contribution in [0.3, 0.4) is 0 Å². The number of aromatic nitrogens is 2. The molecule has 66 valence electrons. The van der Waals surface area contributed by atoms with Crippen LogP contribution in [0.25, 0.3) is 10.9 Å². The highest BCUT2D eigenvalue weighted by atomic mass is 79.9. The molecule has 1 heterocycles. The van der Waals surface area contributed by atoms with Crippen LogP contribution in [0.1, 0.15) is 5.82 Å². The number of hydrogen-bond donors (Lipinski definition) is 0. The maximum Gasteiger partial charge on any atom is 0.127 e. The Bertz CT molecular complexity index is 463. The van der Waals surface area contributed by atoms with Gasteiger partial charge in [-0.1, -0.05) is 15.9 Å². The second-order valence-corrected chi connectivity index (χ2v) is 4.39. The summed E-state index contributed by atoms with van der Waals surface area (Å²) < 4.78 is 1.88. The minimum absolute atomic E-state index is 0.775. The number of aryl methyl sites for hydroxylation is 1. The number of benzene rings is 1. The monoisotopic (exact) mass is 300 g/mol. The molecule has 1 aromatic heterocycles. The van der Waals surface area contributed by atoms with E-state index in [1.54, 1.807) is 0 Å². The van der Waals surface area contributed by atoms with E-state index in [0.717, 1.165) is 25.8 Å². The molecule has 0 radical (unpaired) electrons. The van der Waals surface area contributed by atoms with Crippen molar-refractivity contribution in [2.75, 3.05) is 0 Å². The summed E-state index contributed by atoms with van der Waals surface area (Å²) in [6, 6.07) is 5.95. The molecule has 0 bridgehead atoms. The third kappa shape index (κ3) is 1.74. The van der Waals surface area contributed by atoms with Crippen LogP contribution in [0.2, 0.25) is 0 Å². The van der Waals surface area contributed by atoms with E-state index < -0.39 is 0 Å². The van der Waals surface area contributed by atoms with Crippen LogP contribution in [0.15, 0.2) is 27.3 Å². The Morgan fingerprint density at radius 2 is 1.92 bits per heavy atom. The summed E-state index contributed by atoms with van der Waals surface area (Å²) in [5, 5.41) is 1.04. The molecule has 0 N–H and O–H groups in total. The van der Waals surface area contributed by atoms with E-state index in [-0.39, 0.29) is 0 Å². The van der Waals surface area contributed by atoms with Gasteiger partial charge < -0.3 is 0 Å². The van der Waals surface area contributed by atoms with Gasteiger partial charge in [0.15, 0.2) is 0 Å². The van der Waals surface area contributed by atoms with Gasteiger partial charge in [-0.3, -0.25) is 0 Å². The van der Waals surface area contributed by atoms with Crippen molar-refractivity contribution in [3.8, 4) is 0 Å². The van der Waals surface area contributed by atoms with Crippen LogP contribution >= 0.6 is 31.9 Å². The zero-order valence-electron chi connectivity index (χ0n) is 6.88. The van der Waals surface area contributed by atoms with Crippen molar-refractivity contribution in [2.24, 2.45) is 0 Å². The summed E-state index contributed by atoms with van der Waals surface area (Å²) >= 11 is 6.81. The van der Waals surface area contributed by atoms with Crippen LogP contribution in [-0.2, 0) is 0 Å². The van der Waals surface area contributed by atoms with Crippen molar-refractivity contribution >= 4 is 42.8 Å². The van der Waals surface area contributed by atoms with E-state index in [2.05, 4.69) is 41.8 Å². The first-order chi connectivity index (χ1) is 6.16. The third-order valence-electron chi connectivity index (χ3n) is 1.72. The standard InChI is InChI=1S/C9H6Br2N2/c1-5-12-8-4-6(10)2-3-7(8)9(11)13-5/h2-4H,1H3. The molecule has 2 rings (SSSR count). The van der Waals surface area contributed by atoms with Crippen molar-refractivity contribution in [3.63, 3.8) is 0 Å². The number of hydrogen-bond acceptors (Lipinski definition) is 2.